The Kier molecular flexibility index (Phi) is 4.04. The zero-order valence-corrected chi connectivity index (χ0v) is 14.1. The molecule has 1 aromatic carbocycles. The summed E-state index contributed by atoms with van der Waals surface area (Å²) in [5.41, 5.74) is 8.83. The number of nitrogens with one attached hydrogen (secondary N) is 2. The number of fused-ring (bicyclic) bond motifs is 1. The number of hydrogen-bond acceptors (Lipinski definition) is 4. The van der Waals surface area contributed by atoms with Gasteiger partial charge in [0, 0.05) is 48.2 Å². The van der Waals surface area contributed by atoms with Gasteiger partial charge >= 0.3 is 0 Å². The molecule has 3 heterocycles. The van der Waals surface area contributed by atoms with Gasteiger partial charge in [-0.05, 0) is 38.3 Å². The molecule has 124 valence electrons. The van der Waals surface area contributed by atoms with Gasteiger partial charge in [0.25, 0.3) is 0 Å². The van der Waals surface area contributed by atoms with Gasteiger partial charge in [0.05, 0.1) is 5.52 Å². The van der Waals surface area contributed by atoms with E-state index in [9.17, 15) is 0 Å². The molecule has 1 aliphatic heterocycles. The first kappa shape index (κ1) is 15.3. The van der Waals surface area contributed by atoms with Crippen LogP contribution in [0.2, 0.25) is 0 Å². The van der Waals surface area contributed by atoms with Crippen LogP contribution in [-0.4, -0.2) is 26.6 Å². The number of imidazole rings is 1. The van der Waals surface area contributed by atoms with E-state index >= 15 is 0 Å². The maximum atomic E-state index is 4.62. The maximum absolute atomic E-state index is 4.62. The van der Waals surface area contributed by atoms with Crippen LogP contribution in [0.15, 0.2) is 48.9 Å². The molecular weight excluding hydrogens is 298 g/mol. The largest absolute Gasteiger partial charge is 0.331 e. The molecule has 2 unspecified atom stereocenters. The lowest BCUT2D eigenvalue weighted by Crippen LogP contribution is -2.30. The fourth-order valence-electron chi connectivity index (χ4n) is 3.72. The third-order valence-electron chi connectivity index (χ3n) is 5.13. The van der Waals surface area contributed by atoms with Crippen LogP contribution in [0.3, 0.4) is 0 Å². The third kappa shape index (κ3) is 2.70. The number of aromatic nitrogens is 3. The van der Waals surface area contributed by atoms with E-state index in [1.807, 2.05) is 24.5 Å². The normalized spacial score (nSPS) is 23.8. The Hall–Kier alpha value is -2.24. The van der Waals surface area contributed by atoms with Crippen molar-refractivity contribution in [2.75, 3.05) is 0 Å². The molecule has 2 N–H and O–H groups in total. The molecule has 0 aliphatic carbocycles. The number of benzene rings is 1. The number of para-hydroxylation sites is 1. The summed E-state index contributed by atoms with van der Waals surface area (Å²) in [7, 11) is 0. The van der Waals surface area contributed by atoms with E-state index in [2.05, 4.69) is 63.6 Å². The molecule has 0 bridgehead atoms. The van der Waals surface area contributed by atoms with Crippen molar-refractivity contribution in [1.82, 2.24) is 25.4 Å². The standard InChI is InChI=1S/C19H23N5/c1-13-15(14(2)23-22-13)8-11-24-12-10-21-19(24)17-7-9-20-18-6-4-3-5-16(17)18/h3-7,9-10,12-15,22-23H,8,11H2,1-2H3. The first-order valence-electron chi connectivity index (χ1n) is 8.60. The third-order valence-corrected chi connectivity index (χ3v) is 5.13. The highest BCUT2D eigenvalue weighted by atomic mass is 15.4. The predicted octanol–water partition coefficient (Wildman–Crippen LogP) is 2.99. The Morgan fingerprint density at radius 2 is 1.79 bits per heavy atom. The van der Waals surface area contributed by atoms with Gasteiger partial charge in [-0.2, -0.15) is 0 Å². The van der Waals surface area contributed by atoms with E-state index in [4.69, 9.17) is 0 Å². The van der Waals surface area contributed by atoms with E-state index in [0.29, 0.717) is 18.0 Å². The average Bonchev–Trinajstić information content (AvgIpc) is 3.19. The minimum Gasteiger partial charge on any atom is -0.331 e. The van der Waals surface area contributed by atoms with Gasteiger partial charge < -0.3 is 4.57 Å². The summed E-state index contributed by atoms with van der Waals surface area (Å²) in [5.74, 6) is 1.64. The molecule has 1 fully saturated rings. The van der Waals surface area contributed by atoms with E-state index in [1.165, 1.54) is 0 Å². The summed E-state index contributed by atoms with van der Waals surface area (Å²) < 4.78 is 2.26. The van der Waals surface area contributed by atoms with Gasteiger partial charge in [-0.3, -0.25) is 15.8 Å². The Morgan fingerprint density at radius 3 is 2.62 bits per heavy atom. The number of hydrazine groups is 1. The maximum Gasteiger partial charge on any atom is 0.140 e. The lowest BCUT2D eigenvalue weighted by atomic mass is 9.93. The molecule has 0 amide bonds. The molecule has 0 radical (unpaired) electrons. The van der Waals surface area contributed by atoms with Crippen molar-refractivity contribution in [3.8, 4) is 11.4 Å². The van der Waals surface area contributed by atoms with Gasteiger partial charge in [0.2, 0.25) is 0 Å². The van der Waals surface area contributed by atoms with Crippen molar-refractivity contribution in [3.63, 3.8) is 0 Å². The van der Waals surface area contributed by atoms with Gasteiger partial charge in [-0.15, -0.1) is 0 Å². The molecule has 1 saturated heterocycles. The summed E-state index contributed by atoms with van der Waals surface area (Å²) in [6, 6.07) is 11.3. The molecular formula is C19H23N5. The van der Waals surface area contributed by atoms with E-state index < -0.39 is 0 Å². The highest BCUT2D eigenvalue weighted by Crippen LogP contribution is 2.27. The van der Waals surface area contributed by atoms with Crippen LogP contribution in [0.25, 0.3) is 22.3 Å². The van der Waals surface area contributed by atoms with Crippen LogP contribution < -0.4 is 10.9 Å². The van der Waals surface area contributed by atoms with Crippen LogP contribution in [-0.2, 0) is 6.54 Å². The van der Waals surface area contributed by atoms with Crippen LogP contribution >= 0.6 is 0 Å². The molecule has 0 spiro atoms. The first-order chi connectivity index (χ1) is 11.7. The predicted molar refractivity (Wildman–Crippen MR) is 96.3 cm³/mol. The summed E-state index contributed by atoms with van der Waals surface area (Å²) >= 11 is 0. The fourth-order valence-corrected chi connectivity index (χ4v) is 3.72. The average molecular weight is 321 g/mol. The van der Waals surface area contributed by atoms with Crippen LogP contribution in [0.5, 0.6) is 0 Å². The lowest BCUT2D eigenvalue weighted by molar-refractivity contribution is 0.388. The van der Waals surface area contributed by atoms with E-state index in [1.54, 1.807) is 0 Å². The second kappa shape index (κ2) is 6.34. The minimum absolute atomic E-state index is 0.494. The Labute approximate surface area is 142 Å². The highest BCUT2D eigenvalue weighted by molar-refractivity contribution is 5.92. The molecule has 5 nitrogen and oxygen atoms in total. The number of nitrogens with zero attached hydrogens (tertiary/aromatic N) is 3. The molecule has 4 rings (SSSR count). The number of rotatable bonds is 4. The number of pyridine rings is 1. The van der Waals surface area contributed by atoms with Crippen LogP contribution in [0.4, 0.5) is 0 Å². The van der Waals surface area contributed by atoms with Gasteiger partial charge in [0.1, 0.15) is 5.82 Å². The Balaban J connectivity index is 1.63. The van der Waals surface area contributed by atoms with Crippen LogP contribution in [0.1, 0.15) is 20.3 Å². The van der Waals surface area contributed by atoms with Crippen molar-refractivity contribution < 1.29 is 0 Å². The molecule has 2 aromatic heterocycles. The molecule has 0 saturated carbocycles. The van der Waals surface area contributed by atoms with Crippen molar-refractivity contribution in [2.24, 2.45) is 5.92 Å². The molecule has 2 atom stereocenters. The Morgan fingerprint density at radius 1 is 1.00 bits per heavy atom. The van der Waals surface area contributed by atoms with Gasteiger partial charge in [0.15, 0.2) is 0 Å². The summed E-state index contributed by atoms with van der Waals surface area (Å²) in [6.45, 7) is 5.45. The zero-order valence-electron chi connectivity index (χ0n) is 14.1. The summed E-state index contributed by atoms with van der Waals surface area (Å²) in [4.78, 5) is 9.08. The van der Waals surface area contributed by atoms with Gasteiger partial charge in [-0.25, -0.2) is 4.98 Å². The van der Waals surface area contributed by atoms with Crippen molar-refractivity contribution in [3.05, 3.63) is 48.9 Å². The van der Waals surface area contributed by atoms with Crippen LogP contribution in [0, 0.1) is 5.92 Å². The Bertz CT molecular complexity index is 825. The molecule has 24 heavy (non-hydrogen) atoms. The smallest absolute Gasteiger partial charge is 0.140 e. The second-order valence-corrected chi connectivity index (χ2v) is 6.64. The number of hydrogen-bond donors (Lipinski definition) is 2. The molecule has 3 aromatic rings. The SMILES string of the molecule is CC1NNC(C)C1CCn1ccnc1-c1ccnc2ccccc12. The van der Waals surface area contributed by atoms with Crippen molar-refractivity contribution in [1.29, 1.82) is 0 Å². The van der Waals surface area contributed by atoms with Crippen molar-refractivity contribution in [2.45, 2.75) is 38.9 Å². The molecule has 5 heteroatoms. The van der Waals surface area contributed by atoms with Gasteiger partial charge in [-0.1, -0.05) is 18.2 Å². The number of aryl methyl sites for hydroxylation is 1. The molecule has 1 aliphatic rings. The fraction of sp³-hybridized carbons (Fsp3) is 0.368. The topological polar surface area (TPSA) is 54.8 Å². The van der Waals surface area contributed by atoms with Crippen molar-refractivity contribution >= 4 is 10.9 Å². The quantitative estimate of drug-likeness (QED) is 0.776. The first-order valence-corrected chi connectivity index (χ1v) is 8.60. The summed E-state index contributed by atoms with van der Waals surface area (Å²) in [6.07, 6.45) is 6.96. The van der Waals surface area contributed by atoms with E-state index in [0.717, 1.165) is 35.3 Å². The highest BCUT2D eigenvalue weighted by Gasteiger charge is 2.29. The lowest BCUT2D eigenvalue weighted by Gasteiger charge is -2.19. The zero-order chi connectivity index (χ0) is 16.5. The summed E-state index contributed by atoms with van der Waals surface area (Å²) in [5, 5.41) is 1.15. The van der Waals surface area contributed by atoms with E-state index in [-0.39, 0.29) is 0 Å². The minimum atomic E-state index is 0.494. The monoisotopic (exact) mass is 321 g/mol. The second-order valence-electron chi connectivity index (χ2n) is 6.64.